The van der Waals surface area contributed by atoms with E-state index in [-0.39, 0.29) is 6.03 Å². The molecule has 2 aromatic carbocycles. The van der Waals surface area contributed by atoms with Crippen LogP contribution >= 0.6 is 0 Å². The minimum atomic E-state index is -0.329. The Morgan fingerprint density at radius 1 is 1.22 bits per heavy atom. The Hall–Kier alpha value is -3.00. The number of ether oxygens (including phenoxy) is 1. The number of aryl methyl sites for hydroxylation is 1. The van der Waals surface area contributed by atoms with Crippen molar-refractivity contribution in [2.24, 2.45) is 0 Å². The Morgan fingerprint density at radius 2 is 2.00 bits per heavy atom. The number of rotatable bonds is 5. The van der Waals surface area contributed by atoms with Crippen molar-refractivity contribution in [3.05, 3.63) is 59.2 Å². The molecule has 0 aliphatic rings. The van der Waals surface area contributed by atoms with Crippen molar-refractivity contribution >= 4 is 11.7 Å². The number of benzene rings is 2. The quantitative estimate of drug-likeness (QED) is 0.832. The van der Waals surface area contributed by atoms with Gasteiger partial charge < -0.3 is 15.4 Å². The second-order valence-corrected chi connectivity index (χ2v) is 5.12. The Morgan fingerprint density at radius 3 is 2.78 bits per heavy atom. The standard InChI is InChI=1S/C18H19N3O2/c1-13-5-3-8-17(14(13)2)23-10-9-20-18(22)21-16-7-4-6-15(11-16)12-19/h3-8,11H,9-10H2,1-2H3,(H2,20,21,22). The molecular weight excluding hydrogens is 290 g/mol. The van der Waals surface area contributed by atoms with Crippen molar-refractivity contribution in [3.63, 3.8) is 0 Å². The maximum Gasteiger partial charge on any atom is 0.319 e. The third-order valence-electron chi connectivity index (χ3n) is 3.45. The number of amides is 2. The summed E-state index contributed by atoms with van der Waals surface area (Å²) >= 11 is 0. The van der Waals surface area contributed by atoms with Crippen molar-refractivity contribution in [1.29, 1.82) is 5.26 Å². The average molecular weight is 309 g/mol. The van der Waals surface area contributed by atoms with E-state index in [1.54, 1.807) is 24.3 Å². The molecule has 0 spiro atoms. The van der Waals surface area contributed by atoms with Gasteiger partial charge in [0, 0.05) is 5.69 Å². The molecule has 0 aliphatic carbocycles. The molecule has 2 aromatic rings. The zero-order chi connectivity index (χ0) is 16.7. The summed E-state index contributed by atoms with van der Waals surface area (Å²) in [6, 6.07) is 14.3. The van der Waals surface area contributed by atoms with E-state index in [1.807, 2.05) is 38.1 Å². The first-order valence-electron chi connectivity index (χ1n) is 7.34. The van der Waals surface area contributed by atoms with Gasteiger partial charge in [-0.05, 0) is 49.2 Å². The fourth-order valence-electron chi connectivity index (χ4n) is 2.05. The molecule has 0 saturated carbocycles. The lowest BCUT2D eigenvalue weighted by Gasteiger charge is -2.12. The minimum absolute atomic E-state index is 0.329. The maximum atomic E-state index is 11.8. The number of urea groups is 1. The number of anilines is 1. The maximum absolute atomic E-state index is 11.8. The van der Waals surface area contributed by atoms with Crippen LogP contribution in [0.4, 0.5) is 10.5 Å². The lowest BCUT2D eigenvalue weighted by Crippen LogP contribution is -2.32. The van der Waals surface area contributed by atoms with Crippen LogP contribution in [-0.4, -0.2) is 19.2 Å². The van der Waals surface area contributed by atoms with Crippen LogP contribution in [0.25, 0.3) is 0 Å². The topological polar surface area (TPSA) is 74.2 Å². The van der Waals surface area contributed by atoms with Gasteiger partial charge in [0.05, 0.1) is 18.2 Å². The summed E-state index contributed by atoms with van der Waals surface area (Å²) in [6.45, 7) is 4.81. The summed E-state index contributed by atoms with van der Waals surface area (Å²) in [5, 5.41) is 14.2. The highest BCUT2D eigenvalue weighted by molar-refractivity contribution is 5.89. The summed E-state index contributed by atoms with van der Waals surface area (Å²) in [7, 11) is 0. The second-order valence-electron chi connectivity index (χ2n) is 5.12. The van der Waals surface area contributed by atoms with Crippen LogP contribution in [0.3, 0.4) is 0 Å². The van der Waals surface area contributed by atoms with Crippen LogP contribution in [0, 0.1) is 25.2 Å². The lowest BCUT2D eigenvalue weighted by molar-refractivity contribution is 0.247. The van der Waals surface area contributed by atoms with Gasteiger partial charge in [-0.2, -0.15) is 5.26 Å². The highest BCUT2D eigenvalue weighted by Crippen LogP contribution is 2.20. The van der Waals surface area contributed by atoms with Crippen LogP contribution < -0.4 is 15.4 Å². The van der Waals surface area contributed by atoms with E-state index in [0.29, 0.717) is 24.4 Å². The van der Waals surface area contributed by atoms with Gasteiger partial charge >= 0.3 is 6.03 Å². The van der Waals surface area contributed by atoms with Crippen LogP contribution in [0.1, 0.15) is 16.7 Å². The summed E-state index contributed by atoms with van der Waals surface area (Å²) in [5.41, 5.74) is 3.36. The molecular formula is C18H19N3O2. The molecule has 0 fully saturated rings. The largest absolute Gasteiger partial charge is 0.491 e. The third kappa shape index (κ3) is 4.75. The van der Waals surface area contributed by atoms with Crippen molar-refractivity contribution in [3.8, 4) is 11.8 Å². The zero-order valence-corrected chi connectivity index (χ0v) is 13.2. The van der Waals surface area contributed by atoms with Crippen molar-refractivity contribution in [1.82, 2.24) is 5.32 Å². The monoisotopic (exact) mass is 309 g/mol. The fourth-order valence-corrected chi connectivity index (χ4v) is 2.05. The van der Waals surface area contributed by atoms with Gasteiger partial charge in [0.1, 0.15) is 12.4 Å². The molecule has 0 aromatic heterocycles. The van der Waals surface area contributed by atoms with Gasteiger partial charge in [-0.25, -0.2) is 4.79 Å². The molecule has 5 heteroatoms. The SMILES string of the molecule is Cc1cccc(OCCNC(=O)Nc2cccc(C#N)c2)c1C. The molecule has 0 unspecified atom stereocenters. The molecule has 5 nitrogen and oxygen atoms in total. The molecule has 118 valence electrons. The summed E-state index contributed by atoms with van der Waals surface area (Å²) < 4.78 is 5.67. The van der Waals surface area contributed by atoms with Crippen LogP contribution in [-0.2, 0) is 0 Å². The number of nitriles is 1. The number of carbonyl (C=O) groups excluding carboxylic acids is 1. The smallest absolute Gasteiger partial charge is 0.319 e. The van der Waals surface area contributed by atoms with Gasteiger partial charge in [-0.1, -0.05) is 18.2 Å². The normalized spacial score (nSPS) is 9.78. The van der Waals surface area contributed by atoms with Gasteiger partial charge in [0.15, 0.2) is 0 Å². The van der Waals surface area contributed by atoms with Gasteiger partial charge in [-0.15, -0.1) is 0 Å². The first kappa shape index (κ1) is 16.4. The van der Waals surface area contributed by atoms with E-state index in [2.05, 4.69) is 10.6 Å². The van der Waals surface area contributed by atoms with Crippen molar-refractivity contribution in [2.45, 2.75) is 13.8 Å². The van der Waals surface area contributed by atoms with Gasteiger partial charge in [0.25, 0.3) is 0 Å². The number of hydrogen-bond donors (Lipinski definition) is 2. The van der Waals surface area contributed by atoms with Crippen LogP contribution in [0.2, 0.25) is 0 Å². The Labute approximate surface area is 135 Å². The summed E-state index contributed by atoms with van der Waals surface area (Å²) in [4.78, 5) is 11.8. The summed E-state index contributed by atoms with van der Waals surface area (Å²) in [5.74, 6) is 0.828. The van der Waals surface area contributed by atoms with E-state index in [4.69, 9.17) is 10.00 Å². The molecule has 0 aliphatic heterocycles. The van der Waals surface area contributed by atoms with E-state index in [0.717, 1.165) is 11.3 Å². The van der Waals surface area contributed by atoms with E-state index in [1.165, 1.54) is 5.56 Å². The molecule has 0 heterocycles. The predicted octanol–water partition coefficient (Wildman–Crippen LogP) is 3.38. The average Bonchev–Trinajstić information content (AvgIpc) is 2.55. The van der Waals surface area contributed by atoms with E-state index < -0.39 is 0 Å². The second kappa shape index (κ2) is 7.85. The first-order valence-corrected chi connectivity index (χ1v) is 7.34. The molecule has 23 heavy (non-hydrogen) atoms. The van der Waals surface area contributed by atoms with Crippen molar-refractivity contribution in [2.75, 3.05) is 18.5 Å². The lowest BCUT2D eigenvalue weighted by atomic mass is 10.1. The zero-order valence-electron chi connectivity index (χ0n) is 13.2. The molecule has 0 atom stereocenters. The van der Waals surface area contributed by atoms with Crippen molar-refractivity contribution < 1.29 is 9.53 Å². The van der Waals surface area contributed by atoms with E-state index >= 15 is 0 Å². The van der Waals surface area contributed by atoms with E-state index in [9.17, 15) is 4.79 Å². The molecule has 2 amide bonds. The summed E-state index contributed by atoms with van der Waals surface area (Å²) in [6.07, 6.45) is 0. The fraction of sp³-hybridized carbons (Fsp3) is 0.222. The first-order chi connectivity index (χ1) is 11.1. The Kier molecular flexibility index (Phi) is 5.59. The highest BCUT2D eigenvalue weighted by Gasteiger charge is 2.04. The van der Waals surface area contributed by atoms with Crippen LogP contribution in [0.5, 0.6) is 5.75 Å². The van der Waals surface area contributed by atoms with Gasteiger partial charge in [0.2, 0.25) is 0 Å². The number of hydrogen-bond acceptors (Lipinski definition) is 3. The minimum Gasteiger partial charge on any atom is -0.491 e. The third-order valence-corrected chi connectivity index (χ3v) is 3.45. The highest BCUT2D eigenvalue weighted by atomic mass is 16.5. The molecule has 0 radical (unpaired) electrons. The molecule has 0 bridgehead atoms. The number of nitrogens with zero attached hydrogens (tertiary/aromatic N) is 1. The van der Waals surface area contributed by atoms with Gasteiger partial charge in [-0.3, -0.25) is 0 Å². The molecule has 2 rings (SSSR count). The number of nitrogens with one attached hydrogen (secondary N) is 2. The Balaban J connectivity index is 1.77. The Bertz CT molecular complexity index is 735. The van der Waals surface area contributed by atoms with Crippen LogP contribution in [0.15, 0.2) is 42.5 Å². The number of carbonyl (C=O) groups is 1. The molecule has 2 N–H and O–H groups in total. The molecule has 0 saturated heterocycles. The predicted molar refractivity (Wildman–Crippen MR) is 89.6 cm³/mol.